The molecule has 0 aromatic heterocycles. The van der Waals surface area contributed by atoms with Crippen molar-refractivity contribution in [3.63, 3.8) is 0 Å². The molecule has 1 aliphatic heterocycles. The Kier molecular flexibility index (Phi) is 9.19. The largest absolute Gasteiger partial charge is 0.486 e. The number of nitrogens with zero attached hydrogens (tertiary/aromatic N) is 2. The summed E-state index contributed by atoms with van der Waals surface area (Å²) in [5.74, 6) is 0.625. The number of ether oxygens (including phenoxy) is 2. The molecule has 1 aliphatic rings. The van der Waals surface area contributed by atoms with Crippen LogP contribution in [0.15, 0.2) is 42.5 Å². The molecule has 0 saturated carbocycles. The summed E-state index contributed by atoms with van der Waals surface area (Å²) in [6.07, 6.45) is 1.98. The Hall–Kier alpha value is -3.27. The van der Waals surface area contributed by atoms with Crippen LogP contribution in [0, 0.1) is 6.92 Å². The molecule has 2 aromatic rings. The lowest BCUT2D eigenvalue weighted by molar-refractivity contribution is -0.141. The van der Waals surface area contributed by atoms with Crippen LogP contribution >= 0.6 is 0 Å². The maximum Gasteiger partial charge on any atom is 0.242 e. The van der Waals surface area contributed by atoms with E-state index < -0.39 is 16.1 Å². The number of rotatable bonds is 11. The molecule has 0 spiro atoms. The highest BCUT2D eigenvalue weighted by molar-refractivity contribution is 7.92. The van der Waals surface area contributed by atoms with Gasteiger partial charge in [0, 0.05) is 32.6 Å². The highest BCUT2D eigenvalue weighted by atomic mass is 32.2. The molecule has 1 atom stereocenters. The number of aryl methyl sites for hydroxylation is 1. The molecule has 1 unspecified atom stereocenters. The summed E-state index contributed by atoms with van der Waals surface area (Å²) in [5, 5.41) is 2.65. The van der Waals surface area contributed by atoms with Crippen LogP contribution in [-0.2, 0) is 26.2 Å². The van der Waals surface area contributed by atoms with Crippen LogP contribution in [-0.4, -0.2) is 64.2 Å². The number of amides is 2. The number of anilines is 1. The molecule has 196 valence electrons. The fraction of sp³-hybridized carbons (Fsp3) is 0.462. The van der Waals surface area contributed by atoms with Crippen LogP contribution < -0.4 is 19.1 Å². The lowest BCUT2D eigenvalue weighted by Crippen LogP contribution is -2.48. The van der Waals surface area contributed by atoms with Crippen molar-refractivity contribution in [3.8, 4) is 11.5 Å². The minimum Gasteiger partial charge on any atom is -0.486 e. The minimum atomic E-state index is -3.61. The Labute approximate surface area is 213 Å². The fourth-order valence-electron chi connectivity index (χ4n) is 4.28. The van der Waals surface area contributed by atoms with Gasteiger partial charge in [-0.2, -0.15) is 0 Å². The first kappa shape index (κ1) is 27.3. The van der Waals surface area contributed by atoms with Crippen molar-refractivity contribution in [2.45, 2.75) is 45.7 Å². The summed E-state index contributed by atoms with van der Waals surface area (Å²) in [7, 11) is -2.05. The van der Waals surface area contributed by atoms with Crippen molar-refractivity contribution in [1.29, 1.82) is 0 Å². The van der Waals surface area contributed by atoms with E-state index in [-0.39, 0.29) is 31.2 Å². The zero-order valence-corrected chi connectivity index (χ0v) is 22.1. The van der Waals surface area contributed by atoms with Gasteiger partial charge in [-0.05, 0) is 37.5 Å². The summed E-state index contributed by atoms with van der Waals surface area (Å²) >= 11 is 0. The van der Waals surface area contributed by atoms with Crippen LogP contribution in [0.25, 0.3) is 0 Å². The van der Waals surface area contributed by atoms with Gasteiger partial charge in [0.1, 0.15) is 19.3 Å². The second kappa shape index (κ2) is 12.1. The number of benzene rings is 2. The molecule has 0 aliphatic carbocycles. The standard InChI is InChI=1S/C26H35N3O6S/c1-5-22(26(31)27-3)28(18-20-9-6-8-19(2)16-20)25(30)10-7-13-29(36(4,32)33)21-11-12-23-24(17-21)35-15-14-34-23/h6,8-9,11-12,16-17,22H,5,7,10,13-15,18H2,1-4H3,(H,27,31). The zero-order chi connectivity index (χ0) is 26.3. The SMILES string of the molecule is CCC(C(=O)NC)N(Cc1cccc(C)c1)C(=O)CCCN(c1ccc2c(c1)OCCO2)S(C)(=O)=O. The molecule has 1 heterocycles. The Balaban J connectivity index is 1.75. The molecule has 0 saturated heterocycles. The van der Waals surface area contributed by atoms with Gasteiger partial charge < -0.3 is 19.7 Å². The van der Waals surface area contributed by atoms with Crippen molar-refractivity contribution in [3.05, 3.63) is 53.6 Å². The van der Waals surface area contributed by atoms with E-state index in [1.807, 2.05) is 38.1 Å². The van der Waals surface area contributed by atoms with Crippen LogP contribution in [0.3, 0.4) is 0 Å². The number of nitrogens with one attached hydrogen (secondary N) is 1. The van der Waals surface area contributed by atoms with Gasteiger partial charge in [0.05, 0.1) is 11.9 Å². The smallest absolute Gasteiger partial charge is 0.242 e. The number of carbonyl (C=O) groups excluding carboxylic acids is 2. The van der Waals surface area contributed by atoms with Crippen molar-refractivity contribution >= 4 is 27.5 Å². The van der Waals surface area contributed by atoms with E-state index in [0.717, 1.165) is 17.4 Å². The van der Waals surface area contributed by atoms with Gasteiger partial charge in [-0.1, -0.05) is 36.8 Å². The predicted molar refractivity (Wildman–Crippen MR) is 139 cm³/mol. The van der Waals surface area contributed by atoms with Crippen LogP contribution in [0.4, 0.5) is 5.69 Å². The molecular weight excluding hydrogens is 482 g/mol. The molecule has 0 fully saturated rings. The number of carbonyl (C=O) groups is 2. The molecule has 2 aromatic carbocycles. The third-order valence-electron chi connectivity index (χ3n) is 6.03. The van der Waals surface area contributed by atoms with Crippen LogP contribution in [0.2, 0.25) is 0 Å². The van der Waals surface area contributed by atoms with Gasteiger partial charge in [-0.3, -0.25) is 13.9 Å². The van der Waals surface area contributed by atoms with E-state index in [1.165, 1.54) is 4.31 Å². The summed E-state index contributed by atoms with van der Waals surface area (Å²) < 4.78 is 37.5. The van der Waals surface area contributed by atoms with Crippen LogP contribution in [0.1, 0.15) is 37.3 Å². The Morgan fingerprint density at radius 1 is 1.08 bits per heavy atom. The average Bonchev–Trinajstić information content (AvgIpc) is 2.85. The third-order valence-corrected chi connectivity index (χ3v) is 7.23. The average molecular weight is 518 g/mol. The van der Waals surface area contributed by atoms with E-state index in [2.05, 4.69) is 5.32 Å². The van der Waals surface area contributed by atoms with E-state index in [0.29, 0.717) is 43.4 Å². The minimum absolute atomic E-state index is 0.0931. The van der Waals surface area contributed by atoms with Gasteiger partial charge >= 0.3 is 0 Å². The first-order chi connectivity index (χ1) is 17.1. The Bertz CT molecular complexity index is 1180. The number of hydrogen-bond acceptors (Lipinski definition) is 6. The molecule has 1 N–H and O–H groups in total. The maximum atomic E-state index is 13.4. The van der Waals surface area contributed by atoms with Crippen molar-refractivity contribution in [2.75, 3.05) is 37.4 Å². The normalized spacial score (nSPS) is 13.6. The lowest BCUT2D eigenvalue weighted by atomic mass is 10.1. The summed E-state index contributed by atoms with van der Waals surface area (Å²) in [6.45, 7) is 5.08. The Morgan fingerprint density at radius 3 is 2.44 bits per heavy atom. The second-order valence-electron chi connectivity index (χ2n) is 8.82. The van der Waals surface area contributed by atoms with E-state index in [1.54, 1.807) is 30.1 Å². The van der Waals surface area contributed by atoms with E-state index in [4.69, 9.17) is 9.47 Å². The summed E-state index contributed by atoms with van der Waals surface area (Å²) in [4.78, 5) is 27.5. The van der Waals surface area contributed by atoms with E-state index in [9.17, 15) is 18.0 Å². The van der Waals surface area contributed by atoms with Gasteiger partial charge in [-0.15, -0.1) is 0 Å². The first-order valence-corrected chi connectivity index (χ1v) is 13.9. The highest BCUT2D eigenvalue weighted by Gasteiger charge is 2.28. The Morgan fingerprint density at radius 2 is 1.81 bits per heavy atom. The quantitative estimate of drug-likeness (QED) is 0.492. The first-order valence-electron chi connectivity index (χ1n) is 12.1. The predicted octanol–water partition coefficient (Wildman–Crippen LogP) is 2.87. The third kappa shape index (κ3) is 6.90. The van der Waals surface area contributed by atoms with Crippen molar-refractivity contribution in [1.82, 2.24) is 10.2 Å². The summed E-state index contributed by atoms with van der Waals surface area (Å²) in [5.41, 5.74) is 2.44. The molecule has 2 amide bonds. The van der Waals surface area contributed by atoms with Gasteiger partial charge in [0.15, 0.2) is 11.5 Å². The zero-order valence-electron chi connectivity index (χ0n) is 21.3. The fourth-order valence-corrected chi connectivity index (χ4v) is 5.24. The second-order valence-corrected chi connectivity index (χ2v) is 10.7. The molecule has 0 radical (unpaired) electrons. The van der Waals surface area contributed by atoms with E-state index >= 15 is 0 Å². The topological polar surface area (TPSA) is 105 Å². The molecule has 3 rings (SSSR count). The summed E-state index contributed by atoms with van der Waals surface area (Å²) in [6, 6.07) is 12.2. The maximum absolute atomic E-state index is 13.4. The number of sulfonamides is 1. The van der Waals surface area contributed by atoms with Gasteiger partial charge in [0.25, 0.3) is 0 Å². The highest BCUT2D eigenvalue weighted by Crippen LogP contribution is 2.34. The molecule has 10 heteroatoms. The van der Waals surface area contributed by atoms with Crippen molar-refractivity contribution < 1.29 is 27.5 Å². The number of hydrogen-bond donors (Lipinski definition) is 1. The molecule has 36 heavy (non-hydrogen) atoms. The molecular formula is C26H35N3O6S. The molecule has 0 bridgehead atoms. The van der Waals surface area contributed by atoms with Crippen LogP contribution in [0.5, 0.6) is 11.5 Å². The monoisotopic (exact) mass is 517 g/mol. The number of fused-ring (bicyclic) bond motifs is 1. The van der Waals surface area contributed by atoms with Crippen molar-refractivity contribution in [2.24, 2.45) is 0 Å². The van der Waals surface area contributed by atoms with Gasteiger partial charge in [-0.25, -0.2) is 8.42 Å². The molecule has 9 nitrogen and oxygen atoms in total. The lowest BCUT2D eigenvalue weighted by Gasteiger charge is -2.31. The number of likely N-dealkylation sites (N-methyl/N-ethyl adjacent to an activating group) is 1. The van der Waals surface area contributed by atoms with Gasteiger partial charge in [0.2, 0.25) is 21.8 Å².